The number of ether oxygens (including phenoxy) is 2. The van der Waals surface area contributed by atoms with E-state index in [2.05, 4.69) is 19.9 Å². The number of hydrogen-bond acceptors (Lipinski definition) is 7. The molecule has 0 spiro atoms. The third-order valence-electron chi connectivity index (χ3n) is 4.40. The fraction of sp³-hybridized carbons (Fsp3) is 0.368. The lowest BCUT2D eigenvalue weighted by Gasteiger charge is -2.29. The van der Waals surface area contributed by atoms with Crippen molar-refractivity contribution < 1.29 is 37.4 Å². The molecule has 0 atom stereocenters. The smallest absolute Gasteiger partial charge is 0.474 e. The van der Waals surface area contributed by atoms with Gasteiger partial charge in [-0.15, -0.1) is 13.2 Å². The highest BCUT2D eigenvalue weighted by molar-refractivity contribution is 5.98. The zero-order valence-electron chi connectivity index (χ0n) is 16.4. The van der Waals surface area contributed by atoms with Crippen molar-refractivity contribution in [1.29, 1.82) is 0 Å². The molecule has 0 aliphatic carbocycles. The van der Waals surface area contributed by atoms with Crippen LogP contribution in [-0.2, 0) is 0 Å². The summed E-state index contributed by atoms with van der Waals surface area (Å²) >= 11 is 0. The number of carbonyl (C=O) groups is 1. The minimum absolute atomic E-state index is 0.115. The van der Waals surface area contributed by atoms with Crippen molar-refractivity contribution in [3.05, 3.63) is 42.2 Å². The molecule has 1 aliphatic rings. The summed E-state index contributed by atoms with van der Waals surface area (Å²) in [5, 5.41) is 12.9. The molecule has 1 aromatic heterocycles. The first-order valence-electron chi connectivity index (χ1n) is 9.24. The largest absolute Gasteiger partial charge is 0.573 e. The molecule has 12 heteroatoms. The Labute approximate surface area is 175 Å². The van der Waals surface area contributed by atoms with Crippen molar-refractivity contribution in [3.8, 4) is 17.5 Å². The van der Waals surface area contributed by atoms with E-state index in [1.165, 1.54) is 41.6 Å². The molecule has 0 saturated carbocycles. The standard InChI is InChI=1S/C19H19F3N4O5/c1-12(13-2-4-15(5-3-13)30-19(20,21)22)25-31-17-10-16(23-11-24-17)29-14-6-8-26(9-7-14)18(27)28/h2-5,10-11,14H,6-9H2,1H3,(H,27,28). The predicted octanol–water partition coefficient (Wildman–Crippen LogP) is 3.70. The Balaban J connectivity index is 1.56. The van der Waals surface area contributed by atoms with Crippen molar-refractivity contribution in [3.63, 3.8) is 0 Å². The molecule has 166 valence electrons. The van der Waals surface area contributed by atoms with E-state index in [4.69, 9.17) is 14.7 Å². The van der Waals surface area contributed by atoms with Crippen molar-refractivity contribution in [1.82, 2.24) is 14.9 Å². The minimum atomic E-state index is -4.76. The molecular formula is C19H19F3N4O5. The number of carboxylic acid groups (broad SMARTS) is 1. The van der Waals surface area contributed by atoms with Crippen LogP contribution in [0.3, 0.4) is 0 Å². The average molecular weight is 440 g/mol. The summed E-state index contributed by atoms with van der Waals surface area (Å²) in [4.78, 5) is 25.5. The lowest BCUT2D eigenvalue weighted by atomic mass is 10.1. The summed E-state index contributed by atoms with van der Waals surface area (Å²) in [6.07, 6.45) is -3.57. The second-order valence-corrected chi connectivity index (χ2v) is 6.62. The monoisotopic (exact) mass is 440 g/mol. The van der Waals surface area contributed by atoms with E-state index in [0.717, 1.165) is 0 Å². The average Bonchev–Trinajstić information content (AvgIpc) is 2.72. The maximum atomic E-state index is 12.2. The molecule has 2 heterocycles. The maximum Gasteiger partial charge on any atom is 0.573 e. The molecule has 1 fully saturated rings. The number of aromatic nitrogens is 2. The van der Waals surface area contributed by atoms with E-state index < -0.39 is 12.5 Å². The number of nitrogens with zero attached hydrogens (tertiary/aromatic N) is 4. The molecule has 3 rings (SSSR count). The molecule has 1 saturated heterocycles. The van der Waals surface area contributed by atoms with Crippen LogP contribution in [0, 0.1) is 0 Å². The molecule has 1 N–H and O–H groups in total. The number of hydrogen-bond donors (Lipinski definition) is 1. The van der Waals surface area contributed by atoms with Gasteiger partial charge in [0.15, 0.2) is 0 Å². The minimum Gasteiger partial charge on any atom is -0.474 e. The Morgan fingerprint density at radius 1 is 1.16 bits per heavy atom. The van der Waals surface area contributed by atoms with Crippen molar-refractivity contribution in [2.24, 2.45) is 5.16 Å². The van der Waals surface area contributed by atoms with Crippen LogP contribution >= 0.6 is 0 Å². The topological polar surface area (TPSA) is 106 Å². The number of halogens is 3. The van der Waals surface area contributed by atoms with Crippen LogP contribution < -0.4 is 14.3 Å². The van der Waals surface area contributed by atoms with Crippen molar-refractivity contribution in [2.45, 2.75) is 32.2 Å². The van der Waals surface area contributed by atoms with Crippen LogP contribution in [0.4, 0.5) is 18.0 Å². The highest BCUT2D eigenvalue weighted by Gasteiger charge is 2.31. The van der Waals surface area contributed by atoms with Gasteiger partial charge < -0.3 is 24.3 Å². The molecule has 0 unspecified atom stereocenters. The lowest BCUT2D eigenvalue weighted by molar-refractivity contribution is -0.274. The summed E-state index contributed by atoms with van der Waals surface area (Å²) in [6.45, 7) is 2.38. The molecule has 0 radical (unpaired) electrons. The van der Waals surface area contributed by atoms with E-state index in [1.54, 1.807) is 6.92 Å². The van der Waals surface area contributed by atoms with E-state index in [0.29, 0.717) is 37.2 Å². The second-order valence-electron chi connectivity index (χ2n) is 6.62. The second kappa shape index (κ2) is 9.49. The van der Waals surface area contributed by atoms with E-state index >= 15 is 0 Å². The summed E-state index contributed by atoms with van der Waals surface area (Å²) in [5.41, 5.74) is 0.936. The van der Waals surface area contributed by atoms with E-state index in [1.807, 2.05) is 0 Å². The van der Waals surface area contributed by atoms with Crippen LogP contribution in [0.25, 0.3) is 0 Å². The fourth-order valence-electron chi connectivity index (χ4n) is 2.84. The fourth-order valence-corrected chi connectivity index (χ4v) is 2.84. The van der Waals surface area contributed by atoms with Gasteiger partial charge in [-0.1, -0.05) is 5.16 Å². The zero-order valence-corrected chi connectivity index (χ0v) is 16.4. The third-order valence-corrected chi connectivity index (χ3v) is 4.40. The Bertz CT molecular complexity index is 929. The molecule has 1 aliphatic heterocycles. The van der Waals surface area contributed by atoms with Crippen molar-refractivity contribution >= 4 is 11.8 Å². The number of amides is 1. The SMILES string of the molecule is CC(=NOc1cc(OC2CCN(C(=O)O)CC2)ncn1)c1ccc(OC(F)(F)F)cc1. The van der Waals surface area contributed by atoms with Crippen LogP contribution in [0.5, 0.6) is 17.5 Å². The van der Waals surface area contributed by atoms with Gasteiger partial charge >= 0.3 is 12.5 Å². The first kappa shape index (κ1) is 22.1. The van der Waals surface area contributed by atoms with Gasteiger partial charge in [0.25, 0.3) is 5.88 Å². The predicted molar refractivity (Wildman–Crippen MR) is 101 cm³/mol. The number of likely N-dealkylation sites (tertiary alicyclic amines) is 1. The summed E-state index contributed by atoms with van der Waals surface area (Å²) in [5.74, 6) is 0.0429. The van der Waals surface area contributed by atoms with Gasteiger partial charge in [-0.05, 0) is 36.8 Å². The van der Waals surface area contributed by atoms with E-state index in [-0.39, 0.29) is 23.6 Å². The van der Waals surface area contributed by atoms with Gasteiger partial charge in [0.1, 0.15) is 18.2 Å². The quantitative estimate of drug-likeness (QED) is 0.539. The van der Waals surface area contributed by atoms with Gasteiger partial charge in [-0.2, -0.15) is 4.98 Å². The first-order valence-corrected chi connectivity index (χ1v) is 9.24. The Hall–Kier alpha value is -3.57. The number of oxime groups is 1. The Morgan fingerprint density at radius 3 is 2.42 bits per heavy atom. The molecule has 31 heavy (non-hydrogen) atoms. The Morgan fingerprint density at radius 2 is 1.81 bits per heavy atom. The van der Waals surface area contributed by atoms with Gasteiger partial charge in [-0.3, -0.25) is 0 Å². The normalized spacial score (nSPS) is 15.5. The van der Waals surface area contributed by atoms with Crippen LogP contribution in [0.15, 0.2) is 41.8 Å². The lowest BCUT2D eigenvalue weighted by Crippen LogP contribution is -2.41. The molecule has 0 bridgehead atoms. The Kier molecular flexibility index (Phi) is 6.78. The van der Waals surface area contributed by atoms with Gasteiger partial charge in [0.2, 0.25) is 5.88 Å². The highest BCUT2D eigenvalue weighted by Crippen LogP contribution is 2.23. The number of rotatable bonds is 6. The summed E-state index contributed by atoms with van der Waals surface area (Å²) < 4.78 is 46.3. The molecule has 1 amide bonds. The van der Waals surface area contributed by atoms with Gasteiger partial charge in [-0.25, -0.2) is 9.78 Å². The van der Waals surface area contributed by atoms with Crippen LogP contribution in [0.1, 0.15) is 25.3 Å². The third kappa shape index (κ3) is 6.73. The summed E-state index contributed by atoms with van der Waals surface area (Å²) in [7, 11) is 0. The molecule has 1 aromatic carbocycles. The molecular weight excluding hydrogens is 421 g/mol. The van der Waals surface area contributed by atoms with Gasteiger partial charge in [0, 0.05) is 25.9 Å². The number of benzene rings is 1. The van der Waals surface area contributed by atoms with Crippen LogP contribution in [-0.4, -0.2) is 57.3 Å². The van der Waals surface area contributed by atoms with E-state index in [9.17, 15) is 18.0 Å². The van der Waals surface area contributed by atoms with Gasteiger partial charge in [0.05, 0.1) is 11.8 Å². The van der Waals surface area contributed by atoms with Crippen LogP contribution in [0.2, 0.25) is 0 Å². The highest BCUT2D eigenvalue weighted by atomic mass is 19.4. The number of piperidine rings is 1. The zero-order chi connectivity index (χ0) is 22.4. The number of alkyl halides is 3. The summed E-state index contributed by atoms with van der Waals surface area (Å²) in [6, 6.07) is 6.63. The first-order chi connectivity index (χ1) is 14.7. The molecule has 2 aromatic rings. The maximum absolute atomic E-state index is 12.2. The molecule has 9 nitrogen and oxygen atoms in total. The van der Waals surface area contributed by atoms with Crippen molar-refractivity contribution in [2.75, 3.05) is 13.1 Å².